The highest BCUT2D eigenvalue weighted by Gasteiger charge is 2.34. The van der Waals surface area contributed by atoms with Gasteiger partial charge in [-0.05, 0) is 43.9 Å². The molecule has 0 unspecified atom stereocenters. The highest BCUT2D eigenvalue weighted by Crippen LogP contribution is 2.44. The molecule has 152 valence electrons. The Kier molecular flexibility index (Phi) is 7.23. The number of hydrogen-bond donors (Lipinski definition) is 1. The van der Waals surface area contributed by atoms with Gasteiger partial charge in [-0.1, -0.05) is 68.2 Å². The van der Waals surface area contributed by atoms with Crippen molar-refractivity contribution in [3.63, 3.8) is 0 Å². The Bertz CT molecular complexity index is 886. The molecule has 0 saturated heterocycles. The molecule has 2 aromatic rings. The van der Waals surface area contributed by atoms with E-state index in [0.29, 0.717) is 12.8 Å². The fraction of sp³-hybridized carbons (Fsp3) is 0.360. The molecule has 0 saturated carbocycles. The molecule has 4 nitrogen and oxygen atoms in total. The summed E-state index contributed by atoms with van der Waals surface area (Å²) >= 11 is 0. The van der Waals surface area contributed by atoms with Gasteiger partial charge in [0.15, 0.2) is 0 Å². The van der Waals surface area contributed by atoms with Crippen LogP contribution in [0.3, 0.4) is 0 Å². The molecule has 0 aliphatic carbocycles. The number of para-hydroxylation sites is 2. The van der Waals surface area contributed by atoms with Crippen LogP contribution in [0.1, 0.15) is 63.9 Å². The molecule has 0 atom stereocenters. The van der Waals surface area contributed by atoms with E-state index in [9.17, 15) is 9.59 Å². The van der Waals surface area contributed by atoms with Crippen molar-refractivity contribution in [3.8, 4) is 0 Å². The third kappa shape index (κ3) is 4.94. The van der Waals surface area contributed by atoms with Gasteiger partial charge in [0.1, 0.15) is 0 Å². The van der Waals surface area contributed by atoms with Crippen molar-refractivity contribution in [1.82, 2.24) is 0 Å². The van der Waals surface area contributed by atoms with Crippen molar-refractivity contribution >= 4 is 28.8 Å². The molecule has 0 radical (unpaired) electrons. The Morgan fingerprint density at radius 1 is 0.862 bits per heavy atom. The Balaban J connectivity index is 1.98. The van der Waals surface area contributed by atoms with E-state index in [4.69, 9.17) is 5.11 Å². The second kappa shape index (κ2) is 10.1. The van der Waals surface area contributed by atoms with Crippen LogP contribution in [0.5, 0.6) is 0 Å². The predicted molar refractivity (Wildman–Crippen MR) is 117 cm³/mol. The second-order valence-electron chi connectivity index (χ2n) is 7.53. The molecule has 0 fully saturated rings. The first-order valence-corrected chi connectivity index (χ1v) is 10.6. The van der Waals surface area contributed by atoms with Gasteiger partial charge in [-0.25, -0.2) is 0 Å². The van der Waals surface area contributed by atoms with Gasteiger partial charge >= 0.3 is 5.97 Å². The maximum Gasteiger partial charge on any atom is 0.303 e. The topological polar surface area (TPSA) is 57.6 Å². The summed E-state index contributed by atoms with van der Waals surface area (Å²) in [6.45, 7) is 2.18. The molecule has 4 heteroatoms. The number of carboxylic acid groups (broad SMARTS) is 1. The van der Waals surface area contributed by atoms with E-state index in [2.05, 4.69) is 6.92 Å². The third-order valence-electron chi connectivity index (χ3n) is 5.40. The number of amides is 1. The molecule has 1 N–H and O–H groups in total. The molecular weight excluding hydrogens is 362 g/mol. The summed E-state index contributed by atoms with van der Waals surface area (Å²) in [6, 6.07) is 17.6. The first-order valence-electron chi connectivity index (χ1n) is 10.6. The van der Waals surface area contributed by atoms with E-state index in [-0.39, 0.29) is 12.3 Å². The first-order chi connectivity index (χ1) is 14.1. The van der Waals surface area contributed by atoms with Crippen LogP contribution in [-0.4, -0.2) is 17.0 Å². The Morgan fingerprint density at radius 3 is 2.28 bits per heavy atom. The van der Waals surface area contributed by atoms with Crippen LogP contribution in [0.2, 0.25) is 0 Å². The second-order valence-corrected chi connectivity index (χ2v) is 7.53. The van der Waals surface area contributed by atoms with Gasteiger partial charge in [-0.2, -0.15) is 0 Å². The van der Waals surface area contributed by atoms with Crippen molar-refractivity contribution in [2.75, 3.05) is 4.90 Å². The van der Waals surface area contributed by atoms with E-state index in [0.717, 1.165) is 53.8 Å². The zero-order chi connectivity index (χ0) is 20.6. The fourth-order valence-electron chi connectivity index (χ4n) is 3.98. The van der Waals surface area contributed by atoms with E-state index in [1.54, 1.807) is 4.90 Å². The maximum atomic E-state index is 13.5. The quantitative estimate of drug-likeness (QED) is 0.379. The van der Waals surface area contributed by atoms with Crippen molar-refractivity contribution in [2.24, 2.45) is 0 Å². The zero-order valence-corrected chi connectivity index (χ0v) is 17.1. The number of carboxylic acids is 1. The molecule has 29 heavy (non-hydrogen) atoms. The van der Waals surface area contributed by atoms with Crippen LogP contribution in [0, 0.1) is 0 Å². The number of aliphatic carboxylic acids is 1. The SMILES string of the molecule is CCCCCC/C(CCCC(=O)O)=C1/C(=O)N(c2ccccc2)c2ccccc21. The molecule has 1 amide bonds. The summed E-state index contributed by atoms with van der Waals surface area (Å²) in [7, 11) is 0. The number of rotatable bonds is 10. The van der Waals surface area contributed by atoms with Crippen molar-refractivity contribution in [2.45, 2.75) is 58.3 Å². The third-order valence-corrected chi connectivity index (χ3v) is 5.40. The minimum atomic E-state index is -0.788. The maximum absolute atomic E-state index is 13.5. The molecule has 1 heterocycles. The molecule has 0 aromatic heterocycles. The fourth-order valence-corrected chi connectivity index (χ4v) is 3.98. The van der Waals surface area contributed by atoms with E-state index in [1.165, 1.54) is 6.42 Å². The van der Waals surface area contributed by atoms with E-state index < -0.39 is 5.97 Å². The lowest BCUT2D eigenvalue weighted by atomic mass is 9.93. The average molecular weight is 392 g/mol. The number of carbonyl (C=O) groups is 2. The van der Waals surface area contributed by atoms with Crippen LogP contribution in [0.4, 0.5) is 11.4 Å². The number of allylic oxidation sites excluding steroid dienone is 1. The van der Waals surface area contributed by atoms with E-state index in [1.807, 2.05) is 54.6 Å². The smallest absolute Gasteiger partial charge is 0.303 e. The van der Waals surface area contributed by atoms with Gasteiger partial charge in [-0.15, -0.1) is 0 Å². The standard InChI is InChI=1S/C25H29NO3/c1-2-3-4-6-12-19(13-11-18-23(27)28)24-21-16-9-10-17-22(21)26(25(24)29)20-14-7-5-8-15-20/h5,7-10,14-17H,2-4,6,11-13,18H2,1H3,(H,27,28)/b24-19-. The van der Waals surface area contributed by atoms with E-state index >= 15 is 0 Å². The van der Waals surface area contributed by atoms with Crippen molar-refractivity contribution in [3.05, 3.63) is 65.7 Å². The number of nitrogens with zero attached hydrogens (tertiary/aromatic N) is 1. The number of benzene rings is 2. The number of anilines is 2. The van der Waals surface area contributed by atoms with Gasteiger partial charge in [0.25, 0.3) is 5.91 Å². The van der Waals surface area contributed by atoms with Crippen LogP contribution < -0.4 is 4.90 Å². The monoisotopic (exact) mass is 391 g/mol. The van der Waals surface area contributed by atoms with Gasteiger partial charge < -0.3 is 5.11 Å². The van der Waals surface area contributed by atoms with Gasteiger partial charge in [-0.3, -0.25) is 14.5 Å². The lowest BCUT2D eigenvalue weighted by Crippen LogP contribution is -2.21. The lowest BCUT2D eigenvalue weighted by molar-refractivity contribution is -0.137. The molecule has 0 spiro atoms. The summed E-state index contributed by atoms with van der Waals surface area (Å²) in [6.07, 6.45) is 6.68. The van der Waals surface area contributed by atoms with Gasteiger partial charge in [0.2, 0.25) is 0 Å². The van der Waals surface area contributed by atoms with Crippen molar-refractivity contribution in [1.29, 1.82) is 0 Å². The van der Waals surface area contributed by atoms with Crippen LogP contribution >= 0.6 is 0 Å². The van der Waals surface area contributed by atoms with Gasteiger partial charge in [0.05, 0.1) is 5.69 Å². The normalized spacial score (nSPS) is 14.8. The molecule has 1 aliphatic rings. The minimum absolute atomic E-state index is 0.00165. The minimum Gasteiger partial charge on any atom is -0.481 e. The summed E-state index contributed by atoms with van der Waals surface area (Å²) in [5.74, 6) is -0.789. The van der Waals surface area contributed by atoms with Crippen LogP contribution in [0.15, 0.2) is 60.2 Å². The average Bonchev–Trinajstić information content (AvgIpc) is 3.02. The number of hydrogen-bond acceptors (Lipinski definition) is 2. The Hall–Kier alpha value is -2.88. The summed E-state index contributed by atoms with van der Waals surface area (Å²) in [5, 5.41) is 9.05. The molecular formula is C25H29NO3. The molecule has 3 rings (SSSR count). The molecule has 0 bridgehead atoms. The Morgan fingerprint density at radius 2 is 1.55 bits per heavy atom. The largest absolute Gasteiger partial charge is 0.481 e. The lowest BCUT2D eigenvalue weighted by Gasteiger charge is -2.17. The summed E-state index contributed by atoms with van der Waals surface area (Å²) < 4.78 is 0. The summed E-state index contributed by atoms with van der Waals surface area (Å²) in [4.78, 5) is 26.3. The zero-order valence-electron chi connectivity index (χ0n) is 17.1. The van der Waals surface area contributed by atoms with Crippen LogP contribution in [-0.2, 0) is 9.59 Å². The Labute approximate surface area is 172 Å². The summed E-state index contributed by atoms with van der Waals surface area (Å²) in [5.41, 5.74) is 4.59. The van der Waals surface area contributed by atoms with Gasteiger partial charge in [0, 0.05) is 23.2 Å². The highest BCUT2D eigenvalue weighted by atomic mass is 16.4. The molecule has 1 aliphatic heterocycles. The van der Waals surface area contributed by atoms with Crippen LogP contribution in [0.25, 0.3) is 5.57 Å². The number of fused-ring (bicyclic) bond motifs is 1. The number of unbranched alkanes of at least 4 members (excludes halogenated alkanes) is 3. The number of carbonyl (C=O) groups excluding carboxylic acids is 1. The van der Waals surface area contributed by atoms with Crippen molar-refractivity contribution < 1.29 is 14.7 Å². The molecule has 2 aromatic carbocycles. The first kappa shape index (κ1) is 20.8. The highest BCUT2D eigenvalue weighted by molar-refractivity contribution is 6.35. The predicted octanol–water partition coefficient (Wildman–Crippen LogP) is 6.34.